The third-order valence-corrected chi connectivity index (χ3v) is 2.52. The lowest BCUT2D eigenvalue weighted by Gasteiger charge is -2.11. The van der Waals surface area contributed by atoms with Crippen LogP contribution < -0.4 is 4.74 Å². The second kappa shape index (κ2) is 4.02. The lowest BCUT2D eigenvalue weighted by atomic mass is 10.3. The Morgan fingerprint density at radius 3 is 3.00 bits per heavy atom. The summed E-state index contributed by atoms with van der Waals surface area (Å²) >= 11 is 0. The van der Waals surface area contributed by atoms with Gasteiger partial charge in [0.05, 0.1) is 18.7 Å². The molecule has 1 aliphatic rings. The van der Waals surface area contributed by atoms with Gasteiger partial charge >= 0.3 is 0 Å². The molecule has 2 aromatic rings. The molecule has 82 valence electrons. The molecule has 0 bridgehead atoms. The van der Waals surface area contributed by atoms with E-state index in [1.165, 1.54) is 0 Å². The minimum absolute atomic E-state index is 0.0834. The number of aromatic nitrogens is 3. The van der Waals surface area contributed by atoms with E-state index in [-0.39, 0.29) is 6.10 Å². The van der Waals surface area contributed by atoms with Crippen molar-refractivity contribution in [1.82, 2.24) is 15.0 Å². The van der Waals surface area contributed by atoms with Crippen LogP contribution in [-0.2, 0) is 4.74 Å². The molecule has 0 amide bonds. The first-order valence-corrected chi connectivity index (χ1v) is 5.23. The molecule has 5 nitrogen and oxygen atoms in total. The Labute approximate surface area is 92.5 Å². The van der Waals surface area contributed by atoms with Gasteiger partial charge in [-0.3, -0.25) is 4.98 Å². The average Bonchev–Trinajstić information content (AvgIpc) is 2.82. The molecular formula is C11H11N3O2. The van der Waals surface area contributed by atoms with E-state index in [1.807, 2.05) is 6.07 Å². The lowest BCUT2D eigenvalue weighted by Crippen LogP contribution is -2.16. The second-order valence-corrected chi connectivity index (χ2v) is 3.64. The van der Waals surface area contributed by atoms with Crippen molar-refractivity contribution in [1.29, 1.82) is 0 Å². The Hall–Kier alpha value is -1.75. The van der Waals surface area contributed by atoms with Crippen molar-refractivity contribution in [3.05, 3.63) is 24.7 Å². The van der Waals surface area contributed by atoms with E-state index >= 15 is 0 Å². The zero-order chi connectivity index (χ0) is 10.8. The summed E-state index contributed by atoms with van der Waals surface area (Å²) in [5.74, 6) is 0.543. The van der Waals surface area contributed by atoms with Crippen molar-refractivity contribution in [3.8, 4) is 5.88 Å². The Morgan fingerprint density at radius 1 is 1.19 bits per heavy atom. The minimum atomic E-state index is 0.0834. The van der Waals surface area contributed by atoms with E-state index in [4.69, 9.17) is 9.47 Å². The molecule has 2 aromatic heterocycles. The van der Waals surface area contributed by atoms with Gasteiger partial charge in [-0.1, -0.05) is 0 Å². The normalized spacial score (nSPS) is 20.1. The number of ether oxygens (including phenoxy) is 2. The van der Waals surface area contributed by atoms with E-state index in [0.717, 1.165) is 18.5 Å². The van der Waals surface area contributed by atoms with Crippen molar-refractivity contribution in [2.45, 2.75) is 12.5 Å². The topological polar surface area (TPSA) is 57.1 Å². The molecule has 1 atom stereocenters. The van der Waals surface area contributed by atoms with Crippen LogP contribution in [0.5, 0.6) is 5.88 Å². The van der Waals surface area contributed by atoms with E-state index in [9.17, 15) is 0 Å². The van der Waals surface area contributed by atoms with Gasteiger partial charge in [-0.2, -0.15) is 0 Å². The summed E-state index contributed by atoms with van der Waals surface area (Å²) in [6.45, 7) is 1.37. The van der Waals surface area contributed by atoms with Crippen LogP contribution in [0.2, 0.25) is 0 Å². The first-order valence-electron chi connectivity index (χ1n) is 5.23. The molecule has 1 aliphatic heterocycles. The molecule has 3 rings (SSSR count). The highest BCUT2D eigenvalue weighted by Gasteiger charge is 2.19. The van der Waals surface area contributed by atoms with Gasteiger partial charge in [-0.05, 0) is 6.07 Å². The maximum Gasteiger partial charge on any atom is 0.242 e. The molecule has 0 aromatic carbocycles. The Morgan fingerprint density at radius 2 is 2.12 bits per heavy atom. The van der Waals surface area contributed by atoms with Gasteiger partial charge in [0.1, 0.15) is 6.10 Å². The van der Waals surface area contributed by atoms with Crippen molar-refractivity contribution in [2.24, 2.45) is 0 Å². The maximum atomic E-state index is 5.75. The van der Waals surface area contributed by atoms with Crippen LogP contribution in [0.15, 0.2) is 24.7 Å². The smallest absolute Gasteiger partial charge is 0.242 e. The summed E-state index contributed by atoms with van der Waals surface area (Å²) in [5.41, 5.74) is 1.50. The minimum Gasteiger partial charge on any atom is -0.470 e. The molecular weight excluding hydrogens is 206 g/mol. The highest BCUT2D eigenvalue weighted by Crippen LogP contribution is 2.21. The standard InChI is InChI=1S/C11H11N3O2/c1-3-14-11(16-8-2-6-15-7-8)10-9(1)12-4-5-13-10/h1,3-5,8H,2,6-7H2/t8-/m1/s1. The number of hydrogen-bond donors (Lipinski definition) is 0. The average molecular weight is 217 g/mol. The SMILES string of the molecule is c1cc2nccnc2c(O[C@@H]2CCOC2)n1. The number of rotatable bonds is 2. The number of pyridine rings is 1. The van der Waals surface area contributed by atoms with Crippen LogP contribution >= 0.6 is 0 Å². The van der Waals surface area contributed by atoms with E-state index < -0.39 is 0 Å². The highest BCUT2D eigenvalue weighted by molar-refractivity contribution is 5.78. The Kier molecular flexibility index (Phi) is 2.38. The van der Waals surface area contributed by atoms with E-state index in [1.54, 1.807) is 18.6 Å². The molecule has 5 heteroatoms. The summed E-state index contributed by atoms with van der Waals surface area (Å²) in [6, 6.07) is 1.82. The molecule has 16 heavy (non-hydrogen) atoms. The first-order chi connectivity index (χ1) is 7.93. The zero-order valence-corrected chi connectivity index (χ0v) is 8.67. The number of fused-ring (bicyclic) bond motifs is 1. The number of nitrogens with zero attached hydrogens (tertiary/aromatic N) is 3. The zero-order valence-electron chi connectivity index (χ0n) is 8.67. The van der Waals surface area contributed by atoms with Crippen molar-refractivity contribution >= 4 is 11.0 Å². The second-order valence-electron chi connectivity index (χ2n) is 3.64. The molecule has 0 saturated carbocycles. The fraction of sp³-hybridized carbons (Fsp3) is 0.364. The van der Waals surface area contributed by atoms with Gasteiger partial charge in [-0.15, -0.1) is 0 Å². The predicted molar refractivity (Wildman–Crippen MR) is 57.2 cm³/mol. The fourth-order valence-corrected chi connectivity index (χ4v) is 1.72. The molecule has 3 heterocycles. The quantitative estimate of drug-likeness (QED) is 0.756. The largest absolute Gasteiger partial charge is 0.470 e. The van der Waals surface area contributed by atoms with Gasteiger partial charge in [0.15, 0.2) is 5.52 Å². The van der Waals surface area contributed by atoms with Crippen LogP contribution in [-0.4, -0.2) is 34.3 Å². The van der Waals surface area contributed by atoms with Gasteiger partial charge in [0.2, 0.25) is 5.88 Å². The summed E-state index contributed by atoms with van der Waals surface area (Å²) < 4.78 is 11.0. The maximum absolute atomic E-state index is 5.75. The fourth-order valence-electron chi connectivity index (χ4n) is 1.72. The van der Waals surface area contributed by atoms with Crippen LogP contribution in [0.4, 0.5) is 0 Å². The summed E-state index contributed by atoms with van der Waals surface area (Å²) in [4.78, 5) is 12.6. The molecule has 1 fully saturated rings. The van der Waals surface area contributed by atoms with Gasteiger partial charge in [0.25, 0.3) is 0 Å². The van der Waals surface area contributed by atoms with Crippen LogP contribution in [0.25, 0.3) is 11.0 Å². The Bertz CT molecular complexity index is 492. The predicted octanol–water partition coefficient (Wildman–Crippen LogP) is 1.19. The Balaban J connectivity index is 1.96. The first kappa shape index (κ1) is 9.47. The van der Waals surface area contributed by atoms with Crippen molar-refractivity contribution in [2.75, 3.05) is 13.2 Å². The summed E-state index contributed by atoms with van der Waals surface area (Å²) in [7, 11) is 0. The highest BCUT2D eigenvalue weighted by atomic mass is 16.5. The molecule has 0 unspecified atom stereocenters. The monoisotopic (exact) mass is 217 g/mol. The van der Waals surface area contributed by atoms with E-state index in [0.29, 0.717) is 18.0 Å². The summed E-state index contributed by atoms with van der Waals surface area (Å²) in [6.07, 6.45) is 5.97. The van der Waals surface area contributed by atoms with Crippen molar-refractivity contribution in [3.63, 3.8) is 0 Å². The molecule has 0 aliphatic carbocycles. The van der Waals surface area contributed by atoms with Gasteiger partial charge in [0, 0.05) is 25.0 Å². The summed E-state index contributed by atoms with van der Waals surface area (Å²) in [5, 5.41) is 0. The van der Waals surface area contributed by atoms with Crippen LogP contribution in [0.3, 0.4) is 0 Å². The molecule has 0 spiro atoms. The van der Waals surface area contributed by atoms with E-state index in [2.05, 4.69) is 15.0 Å². The third-order valence-electron chi connectivity index (χ3n) is 2.52. The molecule has 1 saturated heterocycles. The molecule has 0 N–H and O–H groups in total. The van der Waals surface area contributed by atoms with Crippen LogP contribution in [0, 0.1) is 0 Å². The lowest BCUT2D eigenvalue weighted by molar-refractivity contribution is 0.139. The van der Waals surface area contributed by atoms with Gasteiger partial charge in [-0.25, -0.2) is 9.97 Å². The van der Waals surface area contributed by atoms with Gasteiger partial charge < -0.3 is 9.47 Å². The third kappa shape index (κ3) is 1.69. The molecule has 0 radical (unpaired) electrons. The van der Waals surface area contributed by atoms with Crippen molar-refractivity contribution < 1.29 is 9.47 Å². The number of hydrogen-bond acceptors (Lipinski definition) is 5. The van der Waals surface area contributed by atoms with Crippen LogP contribution in [0.1, 0.15) is 6.42 Å².